The molecule has 0 saturated carbocycles. The molecule has 1 saturated heterocycles. The number of fused-ring (bicyclic) bond motifs is 1. The van der Waals surface area contributed by atoms with Crippen molar-refractivity contribution in [2.24, 2.45) is 0 Å². The number of hydrogen-bond acceptors (Lipinski definition) is 4. The zero-order valence-electron chi connectivity index (χ0n) is 12.3. The molecule has 23 heavy (non-hydrogen) atoms. The van der Waals surface area contributed by atoms with Crippen LogP contribution in [-0.2, 0) is 0 Å². The number of H-pyrrole nitrogens is 1. The highest BCUT2D eigenvalue weighted by atomic mass is 35.5. The van der Waals surface area contributed by atoms with Crippen LogP contribution in [0.4, 0.5) is 0 Å². The van der Waals surface area contributed by atoms with Crippen LogP contribution in [0.3, 0.4) is 0 Å². The standard InChI is InChI=1S/C17H16ClN3O2/c18-14-5-10(1-2-16(14)22)11-6-15-13(9-20-21-15)17(7-11)23-12-3-4-19-8-12/h1-2,5-7,9,12,19,22H,3-4,8H2,(H,20,21). The minimum absolute atomic E-state index is 0.0755. The normalized spacial score (nSPS) is 17.7. The predicted molar refractivity (Wildman–Crippen MR) is 90.1 cm³/mol. The number of rotatable bonds is 3. The van der Waals surface area contributed by atoms with E-state index in [4.69, 9.17) is 16.3 Å². The minimum Gasteiger partial charge on any atom is -0.506 e. The van der Waals surface area contributed by atoms with Gasteiger partial charge in [-0.05, 0) is 48.4 Å². The fourth-order valence-electron chi connectivity index (χ4n) is 2.88. The van der Waals surface area contributed by atoms with Crippen molar-refractivity contribution >= 4 is 22.5 Å². The molecule has 0 bridgehead atoms. The van der Waals surface area contributed by atoms with Gasteiger partial charge in [0.15, 0.2) is 0 Å². The summed E-state index contributed by atoms with van der Waals surface area (Å²) in [6, 6.07) is 9.18. The molecule has 6 heteroatoms. The summed E-state index contributed by atoms with van der Waals surface area (Å²) in [5.74, 6) is 0.885. The van der Waals surface area contributed by atoms with Crippen LogP contribution in [0.2, 0.25) is 5.02 Å². The fraction of sp³-hybridized carbons (Fsp3) is 0.235. The van der Waals surface area contributed by atoms with Gasteiger partial charge >= 0.3 is 0 Å². The van der Waals surface area contributed by atoms with Crippen molar-refractivity contribution in [1.82, 2.24) is 15.5 Å². The van der Waals surface area contributed by atoms with Gasteiger partial charge in [0.2, 0.25) is 0 Å². The largest absolute Gasteiger partial charge is 0.506 e. The van der Waals surface area contributed by atoms with Crippen LogP contribution < -0.4 is 10.1 Å². The molecule has 2 aromatic carbocycles. The van der Waals surface area contributed by atoms with Crippen LogP contribution in [0.15, 0.2) is 36.5 Å². The number of halogens is 1. The van der Waals surface area contributed by atoms with Crippen LogP contribution >= 0.6 is 11.6 Å². The number of nitrogens with one attached hydrogen (secondary N) is 2. The molecule has 118 valence electrons. The first kappa shape index (κ1) is 14.4. The molecule has 3 aromatic rings. The molecule has 0 radical (unpaired) electrons. The van der Waals surface area contributed by atoms with Gasteiger partial charge < -0.3 is 15.2 Å². The average molecular weight is 330 g/mol. The van der Waals surface area contributed by atoms with Crippen molar-refractivity contribution in [2.75, 3.05) is 13.1 Å². The number of benzene rings is 2. The topological polar surface area (TPSA) is 70.2 Å². The molecule has 1 unspecified atom stereocenters. The second-order valence-corrected chi connectivity index (χ2v) is 6.11. The van der Waals surface area contributed by atoms with E-state index >= 15 is 0 Å². The lowest BCUT2D eigenvalue weighted by molar-refractivity contribution is 0.226. The molecular weight excluding hydrogens is 314 g/mol. The van der Waals surface area contributed by atoms with Crippen molar-refractivity contribution in [1.29, 1.82) is 0 Å². The molecule has 2 heterocycles. The van der Waals surface area contributed by atoms with E-state index in [-0.39, 0.29) is 11.9 Å². The Kier molecular flexibility index (Phi) is 3.59. The van der Waals surface area contributed by atoms with Gasteiger partial charge in [-0.25, -0.2) is 0 Å². The van der Waals surface area contributed by atoms with Gasteiger partial charge in [-0.2, -0.15) is 5.10 Å². The molecule has 0 aliphatic carbocycles. The van der Waals surface area contributed by atoms with Gasteiger partial charge in [-0.3, -0.25) is 5.10 Å². The van der Waals surface area contributed by atoms with E-state index in [1.165, 1.54) is 0 Å². The van der Waals surface area contributed by atoms with Crippen LogP contribution in [0, 0.1) is 0 Å². The Hall–Kier alpha value is -2.24. The van der Waals surface area contributed by atoms with E-state index in [1.807, 2.05) is 18.2 Å². The number of aromatic amines is 1. The summed E-state index contributed by atoms with van der Waals surface area (Å²) in [6.45, 7) is 1.83. The highest BCUT2D eigenvalue weighted by Gasteiger charge is 2.18. The molecule has 3 N–H and O–H groups in total. The molecule has 1 aliphatic heterocycles. The Bertz CT molecular complexity index is 856. The lowest BCUT2D eigenvalue weighted by atomic mass is 10.0. The summed E-state index contributed by atoms with van der Waals surface area (Å²) in [5, 5.41) is 21.3. The lowest BCUT2D eigenvalue weighted by Crippen LogP contribution is -2.19. The number of ether oxygens (including phenoxy) is 1. The van der Waals surface area contributed by atoms with Crippen molar-refractivity contribution in [2.45, 2.75) is 12.5 Å². The van der Waals surface area contributed by atoms with E-state index in [0.29, 0.717) is 5.02 Å². The zero-order valence-corrected chi connectivity index (χ0v) is 13.1. The third kappa shape index (κ3) is 2.73. The Morgan fingerprint density at radius 1 is 1.22 bits per heavy atom. The lowest BCUT2D eigenvalue weighted by Gasteiger charge is -2.15. The van der Waals surface area contributed by atoms with E-state index < -0.39 is 0 Å². The van der Waals surface area contributed by atoms with E-state index in [0.717, 1.165) is 47.3 Å². The van der Waals surface area contributed by atoms with E-state index in [1.54, 1.807) is 18.3 Å². The third-order valence-corrected chi connectivity index (χ3v) is 4.41. The molecule has 0 amide bonds. The van der Waals surface area contributed by atoms with Crippen LogP contribution in [0.25, 0.3) is 22.0 Å². The summed E-state index contributed by atoms with van der Waals surface area (Å²) >= 11 is 6.03. The van der Waals surface area contributed by atoms with E-state index in [9.17, 15) is 5.11 Å². The fourth-order valence-corrected chi connectivity index (χ4v) is 3.06. The monoisotopic (exact) mass is 329 g/mol. The smallest absolute Gasteiger partial charge is 0.134 e. The Balaban J connectivity index is 1.78. The quantitative estimate of drug-likeness (QED) is 0.689. The molecule has 1 aromatic heterocycles. The summed E-state index contributed by atoms with van der Waals surface area (Å²) in [7, 11) is 0. The maximum absolute atomic E-state index is 9.59. The molecule has 4 rings (SSSR count). The van der Waals surface area contributed by atoms with Gasteiger partial charge in [0, 0.05) is 6.54 Å². The molecule has 1 fully saturated rings. The van der Waals surface area contributed by atoms with Gasteiger partial charge in [0.25, 0.3) is 0 Å². The summed E-state index contributed by atoms with van der Waals surface area (Å²) < 4.78 is 6.16. The summed E-state index contributed by atoms with van der Waals surface area (Å²) in [4.78, 5) is 0. The summed E-state index contributed by atoms with van der Waals surface area (Å²) in [5.41, 5.74) is 2.79. The number of nitrogens with zero attached hydrogens (tertiary/aromatic N) is 1. The maximum Gasteiger partial charge on any atom is 0.134 e. The third-order valence-electron chi connectivity index (χ3n) is 4.11. The zero-order chi connectivity index (χ0) is 15.8. The van der Waals surface area contributed by atoms with Gasteiger partial charge in [-0.1, -0.05) is 17.7 Å². The van der Waals surface area contributed by atoms with Crippen molar-refractivity contribution in [3.05, 3.63) is 41.6 Å². The first-order valence-electron chi connectivity index (χ1n) is 7.54. The molecule has 1 aliphatic rings. The van der Waals surface area contributed by atoms with Crippen LogP contribution in [0.1, 0.15) is 6.42 Å². The number of aromatic nitrogens is 2. The van der Waals surface area contributed by atoms with E-state index in [2.05, 4.69) is 15.5 Å². The highest BCUT2D eigenvalue weighted by molar-refractivity contribution is 6.32. The number of phenols is 1. The summed E-state index contributed by atoms with van der Waals surface area (Å²) in [6.07, 6.45) is 2.95. The van der Waals surface area contributed by atoms with Gasteiger partial charge in [0.05, 0.1) is 22.1 Å². The maximum atomic E-state index is 9.59. The minimum atomic E-state index is 0.0755. The molecule has 5 nitrogen and oxygen atoms in total. The molecule has 0 spiro atoms. The van der Waals surface area contributed by atoms with Crippen molar-refractivity contribution in [3.63, 3.8) is 0 Å². The molecule has 1 atom stereocenters. The Morgan fingerprint density at radius 2 is 2.13 bits per heavy atom. The molecular formula is C17H16ClN3O2. The number of aromatic hydroxyl groups is 1. The van der Waals surface area contributed by atoms with Crippen LogP contribution in [0.5, 0.6) is 11.5 Å². The van der Waals surface area contributed by atoms with Gasteiger partial charge in [0.1, 0.15) is 17.6 Å². The van der Waals surface area contributed by atoms with Crippen molar-refractivity contribution < 1.29 is 9.84 Å². The predicted octanol–water partition coefficient (Wildman–Crippen LogP) is 3.33. The van der Waals surface area contributed by atoms with Crippen molar-refractivity contribution in [3.8, 4) is 22.6 Å². The number of phenolic OH excluding ortho intramolecular Hbond substituents is 1. The second kappa shape index (κ2) is 5.76. The SMILES string of the molecule is Oc1ccc(-c2cc(OC3CCNC3)c3cn[nH]c3c2)cc1Cl. The first-order valence-corrected chi connectivity index (χ1v) is 7.92. The Morgan fingerprint density at radius 3 is 2.91 bits per heavy atom. The second-order valence-electron chi connectivity index (χ2n) is 5.70. The number of hydrogen-bond donors (Lipinski definition) is 3. The highest BCUT2D eigenvalue weighted by Crippen LogP contribution is 2.35. The van der Waals surface area contributed by atoms with Gasteiger partial charge in [-0.15, -0.1) is 0 Å². The Labute approximate surface area is 138 Å². The average Bonchev–Trinajstić information content (AvgIpc) is 3.21. The van der Waals surface area contributed by atoms with Crippen LogP contribution in [-0.4, -0.2) is 34.5 Å². The first-order chi connectivity index (χ1) is 11.2.